The summed E-state index contributed by atoms with van der Waals surface area (Å²) in [5, 5.41) is 0.492. The molecule has 0 N–H and O–H groups in total. The number of carbonyl (C=O) groups excluding carboxylic acids is 1. The number of carbonyl (C=O) groups is 1. The van der Waals surface area contributed by atoms with Crippen LogP contribution in [0.3, 0.4) is 0 Å². The van der Waals surface area contributed by atoms with Gasteiger partial charge in [0.2, 0.25) is 5.91 Å². The van der Waals surface area contributed by atoms with Crippen molar-refractivity contribution in [3.8, 4) is 11.5 Å². The highest BCUT2D eigenvalue weighted by molar-refractivity contribution is 7.99. The topological polar surface area (TPSA) is 104 Å². The molecule has 1 fully saturated rings. The van der Waals surface area contributed by atoms with Crippen LogP contribution >= 0.6 is 11.8 Å². The first kappa shape index (κ1) is 31.0. The Morgan fingerprint density at radius 3 is 2.51 bits per heavy atom. The normalized spacial score (nSPS) is 17.9. The van der Waals surface area contributed by atoms with Crippen molar-refractivity contribution in [1.82, 2.24) is 23.6 Å². The number of likely N-dealkylation sites (tertiary alicyclic amines) is 1. The van der Waals surface area contributed by atoms with Gasteiger partial charge in [-0.25, -0.2) is 9.78 Å². The summed E-state index contributed by atoms with van der Waals surface area (Å²) in [4.78, 5) is 49.4. The third kappa shape index (κ3) is 5.54. The number of aromatic nitrogens is 4. The Hall–Kier alpha value is -4.03. The van der Waals surface area contributed by atoms with E-state index in [-0.39, 0.29) is 35.8 Å². The maximum Gasteiger partial charge on any atom is 0.332 e. The molecule has 4 aromatic rings. The number of ether oxygens (including phenoxy) is 2. The second-order valence-corrected chi connectivity index (χ2v) is 12.8. The summed E-state index contributed by atoms with van der Waals surface area (Å²) >= 11 is 1.29. The molecule has 0 aliphatic carbocycles. The molecular weight excluding hydrogens is 592 g/mol. The average molecular weight is 633 g/mol. The van der Waals surface area contributed by atoms with E-state index in [9.17, 15) is 14.4 Å². The van der Waals surface area contributed by atoms with Gasteiger partial charge in [0, 0.05) is 38.3 Å². The summed E-state index contributed by atoms with van der Waals surface area (Å²) in [6.45, 7) is 9.03. The number of benzene rings is 2. The van der Waals surface area contributed by atoms with Gasteiger partial charge in [0.1, 0.15) is 0 Å². The highest BCUT2D eigenvalue weighted by Gasteiger charge is 2.43. The highest BCUT2D eigenvalue weighted by Crippen LogP contribution is 2.45. The van der Waals surface area contributed by atoms with Crippen molar-refractivity contribution < 1.29 is 14.3 Å². The van der Waals surface area contributed by atoms with Crippen LogP contribution in [0.15, 0.2) is 51.1 Å². The smallest absolute Gasteiger partial charge is 0.332 e. The third-order valence-corrected chi connectivity index (χ3v) is 9.77. The number of likely N-dealkylation sites (N-methyl/N-ethyl adjacent to an activating group) is 1. The second-order valence-electron chi connectivity index (χ2n) is 11.8. The molecule has 2 aliphatic heterocycles. The summed E-state index contributed by atoms with van der Waals surface area (Å²) in [5.74, 6) is 1.67. The fraction of sp³-hybridized carbons (Fsp3) is 0.455. The Morgan fingerprint density at radius 1 is 1.00 bits per heavy atom. The van der Waals surface area contributed by atoms with E-state index in [1.807, 2.05) is 36.9 Å². The zero-order valence-electron chi connectivity index (χ0n) is 26.7. The first-order chi connectivity index (χ1) is 21.6. The number of anilines is 1. The highest BCUT2D eigenvalue weighted by atomic mass is 32.2. The predicted octanol–water partition coefficient (Wildman–Crippen LogP) is 3.51. The van der Waals surface area contributed by atoms with Crippen molar-refractivity contribution in [2.45, 2.75) is 50.9 Å². The molecule has 2 aliphatic rings. The summed E-state index contributed by atoms with van der Waals surface area (Å²) in [7, 11) is 5.21. The van der Waals surface area contributed by atoms with Gasteiger partial charge in [-0.05, 0) is 70.1 Å². The van der Waals surface area contributed by atoms with Crippen LogP contribution in [-0.4, -0.2) is 74.6 Å². The van der Waals surface area contributed by atoms with E-state index >= 15 is 0 Å². The minimum atomic E-state index is -0.457. The fourth-order valence-electron chi connectivity index (χ4n) is 6.66. The van der Waals surface area contributed by atoms with Gasteiger partial charge in [0.25, 0.3) is 5.56 Å². The molecule has 0 spiro atoms. The van der Waals surface area contributed by atoms with E-state index in [0.29, 0.717) is 35.4 Å². The number of piperidine rings is 1. The van der Waals surface area contributed by atoms with E-state index in [0.717, 1.165) is 35.3 Å². The Bertz CT molecular complexity index is 1900. The van der Waals surface area contributed by atoms with Crippen LogP contribution in [0, 0.1) is 6.92 Å². The molecule has 2 unspecified atom stereocenters. The van der Waals surface area contributed by atoms with Crippen molar-refractivity contribution >= 4 is 34.5 Å². The molecular formula is C33H40N6O5S. The molecule has 6 rings (SSSR count). The van der Waals surface area contributed by atoms with Crippen LogP contribution in [0.4, 0.5) is 5.69 Å². The summed E-state index contributed by atoms with van der Waals surface area (Å²) in [5.41, 5.74) is 3.96. The Kier molecular flexibility index (Phi) is 8.53. The molecule has 4 heterocycles. The van der Waals surface area contributed by atoms with Gasteiger partial charge in [-0.2, -0.15) is 0 Å². The Morgan fingerprint density at radius 2 is 1.76 bits per heavy atom. The van der Waals surface area contributed by atoms with E-state index in [2.05, 4.69) is 37.1 Å². The van der Waals surface area contributed by atoms with E-state index < -0.39 is 11.2 Å². The van der Waals surface area contributed by atoms with Crippen LogP contribution in [0.25, 0.3) is 11.2 Å². The monoisotopic (exact) mass is 632 g/mol. The van der Waals surface area contributed by atoms with Crippen LogP contribution in [0.2, 0.25) is 0 Å². The number of aryl methyl sites for hydroxylation is 2. The largest absolute Gasteiger partial charge is 0.490 e. The first-order valence-corrected chi connectivity index (χ1v) is 16.4. The zero-order valence-corrected chi connectivity index (χ0v) is 27.5. The lowest BCUT2D eigenvalue weighted by molar-refractivity contribution is -0.116. The summed E-state index contributed by atoms with van der Waals surface area (Å²) in [6.07, 6.45) is 0.905. The van der Waals surface area contributed by atoms with Gasteiger partial charge >= 0.3 is 5.69 Å². The fourth-order valence-corrected chi connectivity index (χ4v) is 7.52. The van der Waals surface area contributed by atoms with E-state index in [4.69, 9.17) is 14.5 Å². The maximum absolute atomic E-state index is 14.0. The van der Waals surface area contributed by atoms with Crippen LogP contribution in [0.5, 0.6) is 11.5 Å². The Balaban J connectivity index is 1.36. The summed E-state index contributed by atoms with van der Waals surface area (Å²) < 4.78 is 15.9. The molecule has 45 heavy (non-hydrogen) atoms. The number of rotatable bonds is 9. The number of hydrogen-bond acceptors (Lipinski definition) is 8. The summed E-state index contributed by atoms with van der Waals surface area (Å²) in [6, 6.07) is 12.1. The van der Waals surface area contributed by atoms with Gasteiger partial charge < -0.3 is 23.8 Å². The van der Waals surface area contributed by atoms with Crippen LogP contribution < -0.4 is 25.6 Å². The maximum atomic E-state index is 14.0. The molecule has 0 bridgehead atoms. The van der Waals surface area contributed by atoms with Gasteiger partial charge in [-0.1, -0.05) is 35.5 Å². The minimum absolute atomic E-state index is 0.00209. The molecule has 2 aromatic heterocycles. The van der Waals surface area contributed by atoms with Gasteiger partial charge in [0.15, 0.2) is 27.8 Å². The lowest BCUT2D eigenvalue weighted by Gasteiger charge is -2.36. The number of imidazole rings is 1. The molecule has 1 amide bonds. The first-order valence-electron chi connectivity index (χ1n) is 15.4. The lowest BCUT2D eigenvalue weighted by atomic mass is 9.89. The molecule has 12 heteroatoms. The van der Waals surface area contributed by atoms with Crippen LogP contribution in [-0.2, 0) is 25.4 Å². The molecule has 11 nitrogen and oxygen atoms in total. The number of nitrogens with zero attached hydrogens (tertiary/aromatic N) is 6. The lowest BCUT2D eigenvalue weighted by Crippen LogP contribution is -2.47. The van der Waals surface area contributed by atoms with Crippen molar-refractivity contribution in [3.63, 3.8) is 0 Å². The average Bonchev–Trinajstić information content (AvgIpc) is 3.54. The quantitative estimate of drug-likeness (QED) is 0.259. The van der Waals surface area contributed by atoms with Gasteiger partial charge in [-0.3, -0.25) is 18.7 Å². The minimum Gasteiger partial charge on any atom is -0.490 e. The van der Waals surface area contributed by atoms with Crippen LogP contribution in [0.1, 0.15) is 42.9 Å². The number of thioether (sulfide) groups is 1. The molecule has 0 saturated carbocycles. The van der Waals surface area contributed by atoms with Gasteiger partial charge in [0.05, 0.1) is 25.5 Å². The Labute approximate surface area is 266 Å². The number of fused-ring (bicyclic) bond motifs is 4. The van der Waals surface area contributed by atoms with Crippen molar-refractivity contribution in [3.05, 3.63) is 73.9 Å². The van der Waals surface area contributed by atoms with E-state index in [1.165, 1.54) is 34.5 Å². The molecule has 1 saturated heterocycles. The standard InChI is InChI=1S/C33H40N6O5S/c1-7-43-26-12-10-21(16-27(26)44-8-2)17-38-29-30(36(5)33(42)37(6)31(29)41)34-32(38)45-19-28(40)39-24-11-9-20(3)15-22(24)23-18-35(4)14-13-25(23)39/h9-12,15-16,23,25H,7-8,13-14,17-19H2,1-6H3. The SMILES string of the molecule is CCOc1ccc(Cn2c(SCC(=O)N3c4ccc(C)cc4C4CN(C)CCC43)nc3c2c(=O)n(C)c(=O)n3C)cc1OCC. The van der Waals surface area contributed by atoms with Crippen molar-refractivity contribution in [2.24, 2.45) is 14.1 Å². The zero-order chi connectivity index (χ0) is 32.0. The van der Waals surface area contributed by atoms with E-state index in [1.54, 1.807) is 11.6 Å². The van der Waals surface area contributed by atoms with Crippen molar-refractivity contribution in [2.75, 3.05) is 44.0 Å². The second kappa shape index (κ2) is 12.4. The number of hydrogen-bond donors (Lipinski definition) is 0. The molecule has 2 atom stereocenters. The van der Waals surface area contributed by atoms with Crippen molar-refractivity contribution in [1.29, 1.82) is 0 Å². The molecule has 238 valence electrons. The predicted molar refractivity (Wildman–Crippen MR) is 176 cm³/mol. The van der Waals surface area contributed by atoms with Gasteiger partial charge in [-0.15, -0.1) is 0 Å². The molecule has 0 radical (unpaired) electrons. The third-order valence-electron chi connectivity index (χ3n) is 8.81. The number of amides is 1. The molecule has 2 aromatic carbocycles.